The predicted molar refractivity (Wildman–Crippen MR) is 65.1 cm³/mol. The van der Waals surface area contributed by atoms with Gasteiger partial charge in [-0.25, -0.2) is 0 Å². The minimum absolute atomic E-state index is 0.0645. The number of hydrogen-bond acceptors (Lipinski definition) is 2. The van der Waals surface area contributed by atoms with Crippen molar-refractivity contribution in [2.75, 3.05) is 6.54 Å². The van der Waals surface area contributed by atoms with E-state index in [2.05, 4.69) is 24.5 Å². The molecule has 2 rings (SSSR count). The Hall–Kier alpha value is -0.570. The highest BCUT2D eigenvalue weighted by atomic mass is 16.2. The lowest BCUT2D eigenvalue weighted by Crippen LogP contribution is -2.53. The molecule has 3 nitrogen and oxygen atoms in total. The van der Waals surface area contributed by atoms with Crippen molar-refractivity contribution < 1.29 is 4.79 Å². The largest absolute Gasteiger partial charge is 0.355 e. The van der Waals surface area contributed by atoms with Gasteiger partial charge in [-0.05, 0) is 43.9 Å². The summed E-state index contributed by atoms with van der Waals surface area (Å²) < 4.78 is 0. The lowest BCUT2D eigenvalue weighted by atomic mass is 9.79. The quantitative estimate of drug-likeness (QED) is 0.749. The monoisotopic (exact) mass is 224 g/mol. The third kappa shape index (κ3) is 2.76. The highest BCUT2D eigenvalue weighted by molar-refractivity contribution is 5.82. The Kier molecular flexibility index (Phi) is 3.85. The lowest BCUT2D eigenvalue weighted by molar-refractivity contribution is -0.124. The van der Waals surface area contributed by atoms with Gasteiger partial charge in [0.25, 0.3) is 0 Å². The van der Waals surface area contributed by atoms with Gasteiger partial charge < -0.3 is 10.6 Å². The molecule has 1 aliphatic heterocycles. The Morgan fingerprint density at radius 3 is 2.75 bits per heavy atom. The van der Waals surface area contributed by atoms with Gasteiger partial charge in [0.15, 0.2) is 0 Å². The second kappa shape index (κ2) is 5.17. The van der Waals surface area contributed by atoms with Gasteiger partial charge in [0.1, 0.15) is 0 Å². The van der Waals surface area contributed by atoms with Crippen molar-refractivity contribution in [3.8, 4) is 0 Å². The van der Waals surface area contributed by atoms with Crippen LogP contribution in [0.5, 0.6) is 0 Å². The number of piperidine rings is 1. The Morgan fingerprint density at radius 1 is 1.25 bits per heavy atom. The molecular weight excluding hydrogens is 200 g/mol. The minimum atomic E-state index is 0.0645. The second-order valence-corrected chi connectivity index (χ2v) is 5.65. The van der Waals surface area contributed by atoms with Gasteiger partial charge >= 0.3 is 0 Å². The molecule has 0 spiro atoms. The molecule has 1 saturated carbocycles. The number of carbonyl (C=O) groups is 1. The van der Waals surface area contributed by atoms with Crippen LogP contribution >= 0.6 is 0 Å². The van der Waals surface area contributed by atoms with Crippen molar-refractivity contribution in [2.45, 2.75) is 58.0 Å². The van der Waals surface area contributed by atoms with Crippen molar-refractivity contribution in [2.24, 2.45) is 11.8 Å². The number of hydrogen-bond donors (Lipinski definition) is 2. The Balaban J connectivity index is 1.86. The van der Waals surface area contributed by atoms with Crippen LogP contribution in [0.1, 0.15) is 46.0 Å². The van der Waals surface area contributed by atoms with E-state index in [1.807, 2.05) is 0 Å². The Labute approximate surface area is 98.4 Å². The van der Waals surface area contributed by atoms with Gasteiger partial charge in [-0.2, -0.15) is 0 Å². The van der Waals surface area contributed by atoms with E-state index in [9.17, 15) is 4.79 Å². The first-order valence-electron chi connectivity index (χ1n) is 6.70. The first kappa shape index (κ1) is 11.9. The van der Waals surface area contributed by atoms with Crippen molar-refractivity contribution in [3.05, 3.63) is 0 Å². The van der Waals surface area contributed by atoms with Crippen molar-refractivity contribution >= 4 is 5.91 Å². The molecule has 1 amide bonds. The maximum atomic E-state index is 11.7. The van der Waals surface area contributed by atoms with Crippen LogP contribution in [-0.2, 0) is 4.79 Å². The second-order valence-electron chi connectivity index (χ2n) is 5.65. The average molecular weight is 224 g/mol. The molecule has 3 heteroatoms. The zero-order chi connectivity index (χ0) is 11.5. The Bertz CT molecular complexity index is 254. The van der Waals surface area contributed by atoms with Crippen LogP contribution in [0.25, 0.3) is 0 Å². The molecule has 1 heterocycles. The summed E-state index contributed by atoms with van der Waals surface area (Å²) in [5.74, 6) is 1.77. The van der Waals surface area contributed by atoms with E-state index in [0.29, 0.717) is 12.0 Å². The summed E-state index contributed by atoms with van der Waals surface area (Å²) in [5.41, 5.74) is 0. The normalized spacial score (nSPS) is 40.5. The van der Waals surface area contributed by atoms with E-state index in [4.69, 9.17) is 0 Å². The maximum absolute atomic E-state index is 11.7. The summed E-state index contributed by atoms with van der Waals surface area (Å²) in [6.45, 7) is 5.50. The molecule has 2 fully saturated rings. The van der Waals surface area contributed by atoms with Crippen LogP contribution < -0.4 is 10.6 Å². The molecule has 0 bridgehead atoms. The molecule has 4 unspecified atom stereocenters. The fourth-order valence-corrected chi connectivity index (χ4v) is 3.10. The zero-order valence-electron chi connectivity index (χ0n) is 10.5. The van der Waals surface area contributed by atoms with Crippen LogP contribution in [0, 0.1) is 11.8 Å². The summed E-state index contributed by atoms with van der Waals surface area (Å²) in [6.07, 6.45) is 5.94. The van der Waals surface area contributed by atoms with Gasteiger partial charge in [0.2, 0.25) is 5.91 Å². The van der Waals surface area contributed by atoms with Crippen LogP contribution in [0.2, 0.25) is 0 Å². The van der Waals surface area contributed by atoms with Gasteiger partial charge in [-0.3, -0.25) is 4.79 Å². The lowest BCUT2D eigenvalue weighted by Gasteiger charge is -2.36. The van der Waals surface area contributed by atoms with Crippen molar-refractivity contribution in [1.82, 2.24) is 10.6 Å². The average Bonchev–Trinajstić information content (AvgIpc) is 2.25. The van der Waals surface area contributed by atoms with E-state index in [1.54, 1.807) is 0 Å². The van der Waals surface area contributed by atoms with Crippen LogP contribution in [0.4, 0.5) is 0 Å². The van der Waals surface area contributed by atoms with E-state index >= 15 is 0 Å². The molecule has 4 atom stereocenters. The third-order valence-electron chi connectivity index (χ3n) is 4.13. The molecule has 16 heavy (non-hydrogen) atoms. The van der Waals surface area contributed by atoms with Gasteiger partial charge in [-0.15, -0.1) is 0 Å². The summed E-state index contributed by atoms with van der Waals surface area (Å²) >= 11 is 0. The number of rotatable bonds is 2. The van der Waals surface area contributed by atoms with E-state index in [1.165, 1.54) is 19.3 Å². The predicted octanol–water partition coefficient (Wildman–Crippen LogP) is 1.68. The molecule has 1 saturated heterocycles. The number of amides is 1. The first-order valence-corrected chi connectivity index (χ1v) is 6.70. The molecule has 2 N–H and O–H groups in total. The van der Waals surface area contributed by atoms with Crippen molar-refractivity contribution in [3.63, 3.8) is 0 Å². The van der Waals surface area contributed by atoms with Gasteiger partial charge in [0.05, 0.1) is 6.04 Å². The van der Waals surface area contributed by atoms with Crippen LogP contribution in [0.15, 0.2) is 0 Å². The van der Waals surface area contributed by atoms with Crippen molar-refractivity contribution in [1.29, 1.82) is 0 Å². The minimum Gasteiger partial charge on any atom is -0.355 e. The standard InChI is InChI=1S/C13H24N2O/c1-9-5-6-11(10(2)8-9)15-12-4-3-7-14-13(12)16/h9-12,15H,3-8H2,1-2H3,(H,14,16). The third-order valence-corrected chi connectivity index (χ3v) is 4.13. The molecular formula is C13H24N2O. The smallest absolute Gasteiger partial charge is 0.237 e. The van der Waals surface area contributed by atoms with Crippen LogP contribution in [0.3, 0.4) is 0 Å². The van der Waals surface area contributed by atoms with Gasteiger partial charge in [-0.1, -0.05) is 13.8 Å². The summed E-state index contributed by atoms with van der Waals surface area (Å²) in [5, 5.41) is 6.51. The van der Waals surface area contributed by atoms with Crippen LogP contribution in [-0.4, -0.2) is 24.5 Å². The molecule has 0 aromatic rings. The topological polar surface area (TPSA) is 41.1 Å². The maximum Gasteiger partial charge on any atom is 0.237 e. The number of carbonyl (C=O) groups excluding carboxylic acids is 1. The summed E-state index contributed by atoms with van der Waals surface area (Å²) in [4.78, 5) is 11.7. The van der Waals surface area contributed by atoms with E-state index in [-0.39, 0.29) is 11.9 Å². The molecule has 0 radical (unpaired) electrons. The molecule has 92 valence electrons. The summed E-state index contributed by atoms with van der Waals surface area (Å²) in [6, 6.07) is 0.611. The molecule has 2 aliphatic rings. The highest BCUT2D eigenvalue weighted by Gasteiger charge is 2.30. The molecule has 1 aliphatic carbocycles. The molecule has 0 aromatic carbocycles. The number of nitrogens with one attached hydrogen (secondary N) is 2. The van der Waals surface area contributed by atoms with E-state index in [0.717, 1.165) is 25.3 Å². The SMILES string of the molecule is CC1CCC(NC2CCCNC2=O)C(C)C1. The highest BCUT2D eigenvalue weighted by Crippen LogP contribution is 2.29. The fraction of sp³-hybridized carbons (Fsp3) is 0.923. The fourth-order valence-electron chi connectivity index (χ4n) is 3.10. The first-order chi connectivity index (χ1) is 7.66. The zero-order valence-corrected chi connectivity index (χ0v) is 10.5. The van der Waals surface area contributed by atoms with E-state index < -0.39 is 0 Å². The summed E-state index contributed by atoms with van der Waals surface area (Å²) in [7, 11) is 0. The molecule has 0 aromatic heterocycles. The Morgan fingerprint density at radius 2 is 2.06 bits per heavy atom. The van der Waals surface area contributed by atoms with Gasteiger partial charge in [0, 0.05) is 12.6 Å².